The molecule has 2 aromatic rings. The maximum atomic E-state index is 12.1. The number of ether oxygens (including phenoxy) is 2. The lowest BCUT2D eigenvalue weighted by atomic mass is 10.2. The summed E-state index contributed by atoms with van der Waals surface area (Å²) < 4.78 is 11.2. The smallest absolute Gasteiger partial charge is 0.265 e. The van der Waals surface area contributed by atoms with Gasteiger partial charge in [-0.25, -0.2) is 0 Å². The van der Waals surface area contributed by atoms with Crippen LogP contribution in [0.1, 0.15) is 25.3 Å². The standard InChI is InChI=1S/C20H22N2O4/c1-13-6-3-4-7-17(13)25-11-5-8-19(23)21-15-9-10-18-16(12-15)22-20(24)14(2)26-18/h3-4,6-7,9-10,12,14H,5,8,11H2,1-2H3,(H,21,23)(H,22,24). The van der Waals surface area contributed by atoms with Crippen LogP contribution in [0.25, 0.3) is 0 Å². The summed E-state index contributed by atoms with van der Waals surface area (Å²) in [6, 6.07) is 13.0. The number of benzene rings is 2. The molecule has 136 valence electrons. The number of hydrogen-bond acceptors (Lipinski definition) is 4. The van der Waals surface area contributed by atoms with E-state index < -0.39 is 6.10 Å². The molecule has 6 nitrogen and oxygen atoms in total. The van der Waals surface area contributed by atoms with Gasteiger partial charge in [0.25, 0.3) is 5.91 Å². The zero-order valence-electron chi connectivity index (χ0n) is 14.9. The molecule has 0 saturated carbocycles. The van der Waals surface area contributed by atoms with Crippen LogP contribution in [0.15, 0.2) is 42.5 Å². The molecule has 0 spiro atoms. The molecule has 6 heteroatoms. The second-order valence-corrected chi connectivity index (χ2v) is 6.23. The predicted octanol–water partition coefficient (Wildman–Crippen LogP) is 3.51. The van der Waals surface area contributed by atoms with Crippen LogP contribution in [-0.4, -0.2) is 24.5 Å². The van der Waals surface area contributed by atoms with Gasteiger partial charge in [0.1, 0.15) is 11.5 Å². The van der Waals surface area contributed by atoms with Gasteiger partial charge in [-0.15, -0.1) is 0 Å². The molecule has 2 amide bonds. The molecule has 0 radical (unpaired) electrons. The molecule has 0 aliphatic carbocycles. The van der Waals surface area contributed by atoms with Crippen LogP contribution in [0.2, 0.25) is 0 Å². The third-order valence-corrected chi connectivity index (χ3v) is 4.09. The second kappa shape index (κ2) is 7.91. The Morgan fingerprint density at radius 2 is 2.08 bits per heavy atom. The Balaban J connectivity index is 1.47. The molecule has 0 aromatic heterocycles. The van der Waals surface area contributed by atoms with Gasteiger partial charge in [0.2, 0.25) is 5.91 Å². The maximum absolute atomic E-state index is 12.1. The van der Waals surface area contributed by atoms with Crippen LogP contribution in [0, 0.1) is 6.92 Å². The van der Waals surface area contributed by atoms with Crippen LogP contribution < -0.4 is 20.1 Å². The van der Waals surface area contributed by atoms with Gasteiger partial charge in [-0.1, -0.05) is 18.2 Å². The van der Waals surface area contributed by atoms with Crippen molar-refractivity contribution in [3.8, 4) is 11.5 Å². The van der Waals surface area contributed by atoms with Crippen molar-refractivity contribution >= 4 is 23.2 Å². The van der Waals surface area contributed by atoms with Crippen LogP contribution in [-0.2, 0) is 9.59 Å². The molecule has 1 aliphatic heterocycles. The van der Waals surface area contributed by atoms with Crippen LogP contribution in [0.4, 0.5) is 11.4 Å². The maximum Gasteiger partial charge on any atom is 0.265 e. The molecule has 2 aromatic carbocycles. The van der Waals surface area contributed by atoms with E-state index in [1.807, 2.05) is 31.2 Å². The summed E-state index contributed by atoms with van der Waals surface area (Å²) in [5.41, 5.74) is 2.26. The summed E-state index contributed by atoms with van der Waals surface area (Å²) >= 11 is 0. The molecule has 0 bridgehead atoms. The topological polar surface area (TPSA) is 76.7 Å². The van der Waals surface area contributed by atoms with E-state index >= 15 is 0 Å². The molecule has 1 heterocycles. The summed E-state index contributed by atoms with van der Waals surface area (Å²) in [5, 5.41) is 5.59. The Labute approximate surface area is 152 Å². The van der Waals surface area contributed by atoms with Crippen LogP contribution in [0.5, 0.6) is 11.5 Å². The number of carbonyl (C=O) groups is 2. The fraction of sp³-hybridized carbons (Fsp3) is 0.300. The molecule has 0 saturated heterocycles. The Morgan fingerprint density at radius 3 is 2.88 bits per heavy atom. The zero-order valence-corrected chi connectivity index (χ0v) is 14.9. The van der Waals surface area contributed by atoms with Crippen molar-refractivity contribution in [3.63, 3.8) is 0 Å². The minimum atomic E-state index is -0.517. The van der Waals surface area contributed by atoms with E-state index in [0.717, 1.165) is 11.3 Å². The largest absolute Gasteiger partial charge is 0.493 e. The number of aryl methyl sites for hydroxylation is 1. The quantitative estimate of drug-likeness (QED) is 0.778. The molecule has 1 atom stereocenters. The Morgan fingerprint density at radius 1 is 1.27 bits per heavy atom. The highest BCUT2D eigenvalue weighted by molar-refractivity contribution is 5.99. The molecule has 26 heavy (non-hydrogen) atoms. The predicted molar refractivity (Wildman–Crippen MR) is 99.7 cm³/mol. The first kappa shape index (κ1) is 17.8. The number of nitrogens with one attached hydrogen (secondary N) is 2. The average molecular weight is 354 g/mol. The first-order chi connectivity index (χ1) is 12.5. The first-order valence-electron chi connectivity index (χ1n) is 8.63. The van der Waals surface area contributed by atoms with E-state index in [1.165, 1.54) is 0 Å². The average Bonchev–Trinajstić information content (AvgIpc) is 2.61. The highest BCUT2D eigenvalue weighted by Gasteiger charge is 2.23. The third-order valence-electron chi connectivity index (χ3n) is 4.09. The summed E-state index contributed by atoms with van der Waals surface area (Å²) in [4.78, 5) is 23.8. The third kappa shape index (κ3) is 4.33. The summed E-state index contributed by atoms with van der Waals surface area (Å²) in [7, 11) is 0. The fourth-order valence-electron chi connectivity index (χ4n) is 2.64. The van der Waals surface area contributed by atoms with E-state index in [-0.39, 0.29) is 11.8 Å². The Kier molecular flexibility index (Phi) is 5.41. The van der Waals surface area contributed by atoms with Crippen molar-refractivity contribution in [1.82, 2.24) is 0 Å². The minimum Gasteiger partial charge on any atom is -0.493 e. The van der Waals surface area contributed by atoms with Crippen LogP contribution in [0.3, 0.4) is 0 Å². The zero-order chi connectivity index (χ0) is 18.5. The molecular weight excluding hydrogens is 332 g/mol. The van der Waals surface area contributed by atoms with Gasteiger partial charge >= 0.3 is 0 Å². The lowest BCUT2D eigenvalue weighted by Gasteiger charge is -2.23. The van der Waals surface area contributed by atoms with E-state index in [0.29, 0.717) is 36.6 Å². The summed E-state index contributed by atoms with van der Waals surface area (Å²) in [6.07, 6.45) is 0.446. The van der Waals surface area contributed by atoms with Crippen molar-refractivity contribution < 1.29 is 19.1 Å². The molecule has 0 fully saturated rings. The lowest BCUT2D eigenvalue weighted by molar-refractivity contribution is -0.122. The van der Waals surface area contributed by atoms with Gasteiger partial charge in [0, 0.05) is 12.1 Å². The second-order valence-electron chi connectivity index (χ2n) is 6.23. The fourth-order valence-corrected chi connectivity index (χ4v) is 2.64. The highest BCUT2D eigenvalue weighted by Crippen LogP contribution is 2.32. The van der Waals surface area contributed by atoms with Gasteiger partial charge in [0.05, 0.1) is 12.3 Å². The van der Waals surface area contributed by atoms with E-state index in [4.69, 9.17) is 9.47 Å². The normalized spacial score (nSPS) is 15.5. The number of rotatable bonds is 6. The molecular formula is C20H22N2O4. The number of fused-ring (bicyclic) bond motifs is 1. The molecule has 1 unspecified atom stereocenters. The SMILES string of the molecule is Cc1ccccc1OCCCC(=O)Nc1ccc2c(c1)NC(=O)C(C)O2. The summed E-state index contributed by atoms with van der Waals surface area (Å²) in [6.45, 7) is 4.15. The number of anilines is 2. The monoisotopic (exact) mass is 354 g/mol. The first-order valence-corrected chi connectivity index (χ1v) is 8.63. The summed E-state index contributed by atoms with van der Waals surface area (Å²) in [5.74, 6) is 1.14. The van der Waals surface area contributed by atoms with Crippen molar-refractivity contribution in [1.29, 1.82) is 0 Å². The molecule has 1 aliphatic rings. The molecule has 3 rings (SSSR count). The molecule has 2 N–H and O–H groups in total. The van der Waals surface area contributed by atoms with Gasteiger partial charge in [-0.2, -0.15) is 0 Å². The Hall–Kier alpha value is -3.02. The number of carbonyl (C=O) groups excluding carboxylic acids is 2. The van der Waals surface area contributed by atoms with Crippen molar-refractivity contribution in [2.24, 2.45) is 0 Å². The number of para-hydroxylation sites is 1. The van der Waals surface area contributed by atoms with E-state index in [2.05, 4.69) is 10.6 Å². The number of hydrogen-bond donors (Lipinski definition) is 2. The minimum absolute atomic E-state index is 0.102. The Bertz CT molecular complexity index is 819. The van der Waals surface area contributed by atoms with Gasteiger partial charge in [0.15, 0.2) is 6.10 Å². The van der Waals surface area contributed by atoms with Gasteiger partial charge < -0.3 is 20.1 Å². The number of amides is 2. The highest BCUT2D eigenvalue weighted by atomic mass is 16.5. The lowest BCUT2D eigenvalue weighted by Crippen LogP contribution is -2.34. The van der Waals surface area contributed by atoms with E-state index in [1.54, 1.807) is 25.1 Å². The van der Waals surface area contributed by atoms with Crippen molar-refractivity contribution in [3.05, 3.63) is 48.0 Å². The van der Waals surface area contributed by atoms with Gasteiger partial charge in [-0.05, 0) is 50.1 Å². The van der Waals surface area contributed by atoms with Crippen molar-refractivity contribution in [2.75, 3.05) is 17.2 Å². The van der Waals surface area contributed by atoms with Gasteiger partial charge in [-0.3, -0.25) is 9.59 Å². The van der Waals surface area contributed by atoms with Crippen molar-refractivity contribution in [2.45, 2.75) is 32.8 Å². The van der Waals surface area contributed by atoms with E-state index in [9.17, 15) is 9.59 Å². The van der Waals surface area contributed by atoms with Crippen LogP contribution >= 0.6 is 0 Å².